The predicted molar refractivity (Wildman–Crippen MR) is 113 cm³/mol. The number of carbonyl (C=O) groups is 2. The number of amides is 2. The Kier molecular flexibility index (Phi) is 8.39. The van der Waals surface area contributed by atoms with Crippen LogP contribution in [0, 0.1) is 0 Å². The first-order chi connectivity index (χ1) is 14.7. The maximum absolute atomic E-state index is 13.4. The van der Waals surface area contributed by atoms with Crippen LogP contribution >= 0.6 is 0 Å². The minimum absolute atomic E-state index is 0.241. The fourth-order valence-electron chi connectivity index (χ4n) is 3.73. The van der Waals surface area contributed by atoms with Crippen LogP contribution in [-0.4, -0.2) is 106 Å². The summed E-state index contributed by atoms with van der Waals surface area (Å²) in [6.45, 7) is 5.90. The van der Waals surface area contributed by atoms with Crippen molar-refractivity contribution >= 4 is 17.4 Å². The highest BCUT2D eigenvalue weighted by molar-refractivity contribution is 6.35. The van der Waals surface area contributed by atoms with Crippen molar-refractivity contribution < 1.29 is 23.8 Å². The van der Waals surface area contributed by atoms with E-state index in [4.69, 9.17) is 14.2 Å². The third-order valence-electron chi connectivity index (χ3n) is 5.40. The number of carbonyl (C=O) groups excluding carboxylic acids is 2. The van der Waals surface area contributed by atoms with Crippen molar-refractivity contribution in [2.75, 3.05) is 79.9 Å². The van der Waals surface area contributed by atoms with Crippen LogP contribution in [0.5, 0.6) is 0 Å². The van der Waals surface area contributed by atoms with Crippen LogP contribution in [-0.2, 0) is 23.8 Å². The van der Waals surface area contributed by atoms with Crippen molar-refractivity contribution in [2.24, 2.45) is 0 Å². The summed E-state index contributed by atoms with van der Waals surface area (Å²) < 4.78 is 15.9. The molecule has 1 aromatic carbocycles. The molecular weight excluding hydrogens is 386 g/mol. The summed E-state index contributed by atoms with van der Waals surface area (Å²) >= 11 is 0. The number of imide groups is 1. The molecule has 0 bridgehead atoms. The lowest BCUT2D eigenvalue weighted by molar-refractivity contribution is -0.138. The van der Waals surface area contributed by atoms with Gasteiger partial charge >= 0.3 is 0 Å². The van der Waals surface area contributed by atoms with Crippen LogP contribution in [0.3, 0.4) is 0 Å². The summed E-state index contributed by atoms with van der Waals surface area (Å²) in [5.74, 6) is -0.492. The van der Waals surface area contributed by atoms with E-state index in [0.29, 0.717) is 63.9 Å². The molecule has 2 aliphatic rings. The van der Waals surface area contributed by atoms with Gasteiger partial charge in [-0.3, -0.25) is 19.4 Å². The average Bonchev–Trinajstić information content (AvgIpc) is 3.03. The molecule has 1 saturated heterocycles. The van der Waals surface area contributed by atoms with Crippen LogP contribution in [0.2, 0.25) is 0 Å². The van der Waals surface area contributed by atoms with Crippen LogP contribution in [0.4, 0.5) is 0 Å². The Morgan fingerprint density at radius 3 is 2.17 bits per heavy atom. The fraction of sp³-hybridized carbons (Fsp3) is 0.545. The van der Waals surface area contributed by atoms with Crippen molar-refractivity contribution in [1.29, 1.82) is 0 Å². The lowest BCUT2D eigenvalue weighted by atomic mass is 10.0. The van der Waals surface area contributed by atoms with E-state index in [2.05, 4.69) is 4.90 Å². The van der Waals surface area contributed by atoms with Crippen LogP contribution in [0.25, 0.3) is 5.57 Å². The molecule has 0 aliphatic carbocycles. The Morgan fingerprint density at radius 2 is 1.57 bits per heavy atom. The molecule has 3 rings (SSSR count). The Balaban J connectivity index is 1.87. The van der Waals surface area contributed by atoms with E-state index in [-0.39, 0.29) is 11.8 Å². The number of methoxy groups -OCH3 is 2. The Morgan fingerprint density at radius 1 is 0.933 bits per heavy atom. The topological polar surface area (TPSA) is 71.6 Å². The molecule has 0 N–H and O–H groups in total. The van der Waals surface area contributed by atoms with E-state index in [1.807, 2.05) is 35.2 Å². The smallest absolute Gasteiger partial charge is 0.277 e. The van der Waals surface area contributed by atoms with Gasteiger partial charge < -0.3 is 19.1 Å². The van der Waals surface area contributed by atoms with Crippen LogP contribution in [0.15, 0.2) is 36.0 Å². The van der Waals surface area contributed by atoms with Gasteiger partial charge in [0.25, 0.3) is 11.8 Å². The lowest BCUT2D eigenvalue weighted by Crippen LogP contribution is -2.44. The monoisotopic (exact) mass is 417 g/mol. The summed E-state index contributed by atoms with van der Waals surface area (Å²) in [4.78, 5) is 32.3. The molecule has 2 aliphatic heterocycles. The molecule has 30 heavy (non-hydrogen) atoms. The predicted octanol–water partition coefficient (Wildman–Crippen LogP) is 0.694. The highest BCUT2D eigenvalue weighted by Crippen LogP contribution is 2.31. The van der Waals surface area contributed by atoms with Gasteiger partial charge in [0.15, 0.2) is 0 Å². The molecule has 2 heterocycles. The SMILES string of the molecule is COCCN(CCOC)C1=C(c2ccccc2)C(=O)N(CCN2CCOCC2)C1=O. The Labute approximate surface area is 178 Å². The van der Waals surface area contributed by atoms with Gasteiger partial charge in [0.05, 0.1) is 32.0 Å². The number of morpholine rings is 1. The minimum Gasteiger partial charge on any atom is -0.383 e. The minimum atomic E-state index is -0.251. The molecule has 0 radical (unpaired) electrons. The molecule has 8 heteroatoms. The first kappa shape index (κ1) is 22.4. The Bertz CT molecular complexity index is 738. The van der Waals surface area contributed by atoms with Crippen molar-refractivity contribution in [2.45, 2.75) is 0 Å². The number of nitrogens with zero attached hydrogens (tertiary/aromatic N) is 3. The second-order valence-electron chi connectivity index (χ2n) is 7.28. The molecule has 8 nitrogen and oxygen atoms in total. The first-order valence-corrected chi connectivity index (χ1v) is 10.4. The molecule has 0 aromatic heterocycles. The summed E-state index contributed by atoms with van der Waals surface area (Å²) in [5, 5.41) is 0. The van der Waals surface area contributed by atoms with E-state index in [0.717, 1.165) is 18.7 Å². The molecule has 1 fully saturated rings. The van der Waals surface area contributed by atoms with Crippen LogP contribution in [0.1, 0.15) is 5.56 Å². The van der Waals surface area contributed by atoms with Crippen molar-refractivity contribution in [1.82, 2.24) is 14.7 Å². The maximum atomic E-state index is 13.4. The largest absolute Gasteiger partial charge is 0.383 e. The highest BCUT2D eigenvalue weighted by atomic mass is 16.5. The van der Waals surface area contributed by atoms with Gasteiger partial charge in [-0.1, -0.05) is 30.3 Å². The number of rotatable bonds is 11. The summed E-state index contributed by atoms with van der Waals surface area (Å²) in [6, 6.07) is 9.40. The summed E-state index contributed by atoms with van der Waals surface area (Å²) in [6.07, 6.45) is 0. The summed E-state index contributed by atoms with van der Waals surface area (Å²) in [7, 11) is 3.24. The van der Waals surface area contributed by atoms with Gasteiger partial charge in [0.2, 0.25) is 0 Å². The fourth-order valence-corrected chi connectivity index (χ4v) is 3.73. The van der Waals surface area contributed by atoms with Crippen molar-refractivity contribution in [3.05, 3.63) is 41.6 Å². The molecule has 1 aromatic rings. The van der Waals surface area contributed by atoms with E-state index in [9.17, 15) is 9.59 Å². The first-order valence-electron chi connectivity index (χ1n) is 10.4. The molecule has 0 saturated carbocycles. The van der Waals surface area contributed by atoms with Gasteiger partial charge in [-0.15, -0.1) is 0 Å². The van der Waals surface area contributed by atoms with E-state index in [1.165, 1.54) is 4.90 Å². The normalized spacial score (nSPS) is 17.9. The quantitative estimate of drug-likeness (QED) is 0.491. The van der Waals surface area contributed by atoms with Gasteiger partial charge in [-0.05, 0) is 5.56 Å². The van der Waals surface area contributed by atoms with E-state index < -0.39 is 0 Å². The maximum Gasteiger partial charge on any atom is 0.277 e. The molecular formula is C22H31N3O5. The van der Waals surface area contributed by atoms with Crippen LogP contribution < -0.4 is 0 Å². The number of benzene rings is 1. The van der Waals surface area contributed by atoms with Gasteiger partial charge in [0, 0.05) is 53.5 Å². The average molecular weight is 418 g/mol. The van der Waals surface area contributed by atoms with E-state index >= 15 is 0 Å². The van der Waals surface area contributed by atoms with Gasteiger partial charge in [-0.2, -0.15) is 0 Å². The number of hydrogen-bond donors (Lipinski definition) is 0. The third-order valence-corrected chi connectivity index (χ3v) is 5.40. The number of hydrogen-bond acceptors (Lipinski definition) is 7. The summed E-state index contributed by atoms with van der Waals surface area (Å²) in [5.41, 5.74) is 1.64. The third kappa shape index (κ3) is 5.26. The highest BCUT2D eigenvalue weighted by Gasteiger charge is 2.41. The second-order valence-corrected chi connectivity index (χ2v) is 7.28. The van der Waals surface area contributed by atoms with Gasteiger partial charge in [-0.25, -0.2) is 0 Å². The number of ether oxygens (including phenoxy) is 3. The van der Waals surface area contributed by atoms with Gasteiger partial charge in [0.1, 0.15) is 5.70 Å². The standard InChI is InChI=1S/C22H31N3O5/c1-28-14-12-24(13-15-29-2)20-19(18-6-4-3-5-7-18)21(26)25(22(20)27)9-8-23-10-16-30-17-11-23/h3-7H,8-17H2,1-2H3. The zero-order chi connectivity index (χ0) is 21.3. The molecule has 2 amide bonds. The van der Waals surface area contributed by atoms with Crippen molar-refractivity contribution in [3.63, 3.8) is 0 Å². The molecule has 0 atom stereocenters. The zero-order valence-electron chi connectivity index (χ0n) is 17.8. The molecule has 164 valence electrons. The van der Waals surface area contributed by atoms with Crippen molar-refractivity contribution in [3.8, 4) is 0 Å². The second kappa shape index (κ2) is 11.2. The lowest BCUT2D eigenvalue weighted by Gasteiger charge is -2.28. The molecule has 0 unspecified atom stereocenters. The zero-order valence-corrected chi connectivity index (χ0v) is 17.8. The van der Waals surface area contributed by atoms with E-state index in [1.54, 1.807) is 14.2 Å². The molecule has 0 spiro atoms. The Hall–Kier alpha value is -2.26.